The number of carbonyl (C=O) groups excluding carboxylic acids is 1. The fourth-order valence-corrected chi connectivity index (χ4v) is 2.43. The molecule has 1 amide bonds. The topological polar surface area (TPSA) is 80.9 Å². The molecule has 23 heavy (non-hydrogen) atoms. The maximum atomic E-state index is 12.4. The van der Waals surface area contributed by atoms with E-state index in [2.05, 4.69) is 20.3 Å². The van der Waals surface area contributed by atoms with Crippen LogP contribution in [0.1, 0.15) is 16.2 Å². The summed E-state index contributed by atoms with van der Waals surface area (Å²) in [6.45, 7) is 0.200. The minimum absolute atomic E-state index is 0.196. The molecule has 1 aromatic carbocycles. The van der Waals surface area contributed by atoms with Crippen molar-refractivity contribution in [2.75, 3.05) is 0 Å². The van der Waals surface area contributed by atoms with Gasteiger partial charge in [0.25, 0.3) is 5.91 Å². The summed E-state index contributed by atoms with van der Waals surface area (Å²) in [7, 11) is 0. The Bertz CT molecular complexity index is 971. The zero-order valence-electron chi connectivity index (χ0n) is 12.1. The Hall–Kier alpha value is -3.28. The molecule has 3 heterocycles. The Morgan fingerprint density at radius 1 is 1.04 bits per heavy atom. The van der Waals surface area contributed by atoms with Crippen LogP contribution in [0.4, 0.5) is 0 Å². The van der Waals surface area contributed by atoms with Crippen molar-refractivity contribution in [3.8, 4) is 0 Å². The molecule has 3 aromatic heterocycles. The summed E-state index contributed by atoms with van der Waals surface area (Å²) < 4.78 is 5.54. The van der Waals surface area contributed by atoms with E-state index in [1.54, 1.807) is 30.6 Å². The summed E-state index contributed by atoms with van der Waals surface area (Å²) in [5.41, 5.74) is 2.49. The van der Waals surface area contributed by atoms with Gasteiger partial charge in [-0.1, -0.05) is 18.2 Å². The van der Waals surface area contributed by atoms with Crippen LogP contribution in [0.15, 0.2) is 59.3 Å². The summed E-state index contributed by atoms with van der Waals surface area (Å²) >= 11 is 0. The van der Waals surface area contributed by atoms with E-state index in [-0.39, 0.29) is 12.5 Å². The zero-order valence-corrected chi connectivity index (χ0v) is 12.1. The van der Waals surface area contributed by atoms with Crippen LogP contribution in [-0.2, 0) is 6.54 Å². The van der Waals surface area contributed by atoms with E-state index in [1.807, 2.05) is 24.3 Å². The summed E-state index contributed by atoms with van der Waals surface area (Å²) in [6.07, 6.45) is 3.27. The molecular weight excluding hydrogens is 292 g/mol. The molecule has 0 aliphatic heterocycles. The maximum absolute atomic E-state index is 12.4. The van der Waals surface area contributed by atoms with E-state index in [0.717, 1.165) is 10.9 Å². The van der Waals surface area contributed by atoms with Gasteiger partial charge in [0.2, 0.25) is 5.89 Å². The first-order valence-electron chi connectivity index (χ1n) is 7.14. The SMILES string of the molecule is O=C(NCc1nc2ncccc2o1)c1ccnc2ccccc12. The number of para-hydroxylation sites is 1. The lowest BCUT2D eigenvalue weighted by Crippen LogP contribution is -2.23. The number of hydrogen-bond acceptors (Lipinski definition) is 5. The van der Waals surface area contributed by atoms with Crippen molar-refractivity contribution in [1.82, 2.24) is 20.3 Å². The van der Waals surface area contributed by atoms with Gasteiger partial charge in [-0.3, -0.25) is 9.78 Å². The van der Waals surface area contributed by atoms with E-state index in [4.69, 9.17) is 4.42 Å². The molecule has 0 radical (unpaired) electrons. The largest absolute Gasteiger partial charge is 0.437 e. The van der Waals surface area contributed by atoms with Crippen molar-refractivity contribution >= 4 is 28.0 Å². The predicted molar refractivity (Wildman–Crippen MR) is 84.7 cm³/mol. The number of rotatable bonds is 3. The number of hydrogen-bond donors (Lipinski definition) is 1. The maximum Gasteiger partial charge on any atom is 0.252 e. The van der Waals surface area contributed by atoms with Crippen LogP contribution in [0.5, 0.6) is 0 Å². The Kier molecular flexibility index (Phi) is 3.20. The van der Waals surface area contributed by atoms with Gasteiger partial charge in [0, 0.05) is 17.8 Å². The normalized spacial score (nSPS) is 11.0. The van der Waals surface area contributed by atoms with E-state index < -0.39 is 0 Å². The Labute approximate surface area is 131 Å². The second-order valence-corrected chi connectivity index (χ2v) is 4.99. The summed E-state index contributed by atoms with van der Waals surface area (Å²) in [6, 6.07) is 12.8. The zero-order chi connectivity index (χ0) is 15.6. The molecule has 0 saturated carbocycles. The van der Waals surface area contributed by atoms with Crippen LogP contribution in [0.2, 0.25) is 0 Å². The summed E-state index contributed by atoms with van der Waals surface area (Å²) in [4.78, 5) is 25.0. The van der Waals surface area contributed by atoms with Gasteiger partial charge < -0.3 is 9.73 Å². The predicted octanol–water partition coefficient (Wildman–Crippen LogP) is 2.70. The average molecular weight is 304 g/mol. The third kappa shape index (κ3) is 2.50. The number of fused-ring (bicyclic) bond motifs is 2. The molecule has 0 saturated heterocycles. The first-order valence-corrected chi connectivity index (χ1v) is 7.14. The van der Waals surface area contributed by atoms with Crippen molar-refractivity contribution in [2.45, 2.75) is 6.54 Å². The van der Waals surface area contributed by atoms with Gasteiger partial charge in [0.15, 0.2) is 11.2 Å². The number of carbonyl (C=O) groups is 1. The Balaban J connectivity index is 1.57. The third-order valence-electron chi connectivity index (χ3n) is 3.50. The van der Waals surface area contributed by atoms with Crippen LogP contribution in [0, 0.1) is 0 Å². The number of aromatic nitrogens is 3. The van der Waals surface area contributed by atoms with Crippen molar-refractivity contribution in [3.05, 3.63) is 66.3 Å². The molecule has 6 nitrogen and oxygen atoms in total. The molecule has 4 rings (SSSR count). The highest BCUT2D eigenvalue weighted by atomic mass is 16.3. The van der Waals surface area contributed by atoms with Crippen LogP contribution >= 0.6 is 0 Å². The molecule has 0 aliphatic carbocycles. The minimum atomic E-state index is -0.196. The first kappa shape index (κ1) is 13.4. The fourth-order valence-electron chi connectivity index (χ4n) is 2.43. The van der Waals surface area contributed by atoms with Gasteiger partial charge in [0.05, 0.1) is 17.6 Å². The molecule has 0 unspecified atom stereocenters. The van der Waals surface area contributed by atoms with Gasteiger partial charge in [-0.05, 0) is 24.3 Å². The number of amides is 1. The number of nitrogens with one attached hydrogen (secondary N) is 1. The summed E-state index contributed by atoms with van der Waals surface area (Å²) in [5, 5.41) is 3.63. The summed E-state index contributed by atoms with van der Waals surface area (Å²) in [5.74, 6) is 0.226. The number of oxazole rings is 1. The quantitative estimate of drug-likeness (QED) is 0.629. The van der Waals surface area contributed by atoms with Gasteiger partial charge in [-0.25, -0.2) is 4.98 Å². The molecule has 112 valence electrons. The van der Waals surface area contributed by atoms with Gasteiger partial charge in [0.1, 0.15) is 0 Å². The van der Waals surface area contributed by atoms with Gasteiger partial charge in [-0.15, -0.1) is 0 Å². The Morgan fingerprint density at radius 2 is 1.96 bits per heavy atom. The van der Waals surface area contributed by atoms with Crippen LogP contribution < -0.4 is 5.32 Å². The molecule has 0 spiro atoms. The molecule has 0 fully saturated rings. The second kappa shape index (κ2) is 5.49. The van der Waals surface area contributed by atoms with E-state index in [0.29, 0.717) is 22.7 Å². The van der Waals surface area contributed by atoms with Crippen LogP contribution in [0.3, 0.4) is 0 Å². The highest BCUT2D eigenvalue weighted by molar-refractivity contribution is 6.05. The lowest BCUT2D eigenvalue weighted by molar-refractivity contribution is 0.0949. The second-order valence-electron chi connectivity index (χ2n) is 4.99. The lowest BCUT2D eigenvalue weighted by atomic mass is 10.1. The van der Waals surface area contributed by atoms with Gasteiger partial charge >= 0.3 is 0 Å². The molecule has 0 bridgehead atoms. The number of nitrogens with zero attached hydrogens (tertiary/aromatic N) is 3. The van der Waals surface area contributed by atoms with E-state index >= 15 is 0 Å². The van der Waals surface area contributed by atoms with Crippen LogP contribution in [0.25, 0.3) is 22.1 Å². The van der Waals surface area contributed by atoms with Crippen molar-refractivity contribution in [3.63, 3.8) is 0 Å². The highest BCUT2D eigenvalue weighted by Crippen LogP contribution is 2.16. The smallest absolute Gasteiger partial charge is 0.252 e. The van der Waals surface area contributed by atoms with Crippen molar-refractivity contribution in [1.29, 1.82) is 0 Å². The minimum Gasteiger partial charge on any atom is -0.437 e. The molecular formula is C17H12N4O2. The Morgan fingerprint density at radius 3 is 2.87 bits per heavy atom. The monoisotopic (exact) mass is 304 g/mol. The average Bonchev–Trinajstić information content (AvgIpc) is 3.02. The van der Waals surface area contributed by atoms with Crippen LogP contribution in [-0.4, -0.2) is 20.9 Å². The lowest BCUT2D eigenvalue weighted by Gasteiger charge is -2.06. The molecule has 0 atom stereocenters. The van der Waals surface area contributed by atoms with Crippen molar-refractivity contribution < 1.29 is 9.21 Å². The number of pyridine rings is 2. The van der Waals surface area contributed by atoms with Crippen molar-refractivity contribution in [2.24, 2.45) is 0 Å². The van der Waals surface area contributed by atoms with Gasteiger partial charge in [-0.2, -0.15) is 4.98 Å². The molecule has 1 N–H and O–H groups in total. The third-order valence-corrected chi connectivity index (χ3v) is 3.50. The fraction of sp³-hybridized carbons (Fsp3) is 0.0588. The number of benzene rings is 1. The standard InChI is InChI=1S/C17H12N4O2/c22-17(12-7-9-18-13-5-2-1-4-11(12)13)20-10-15-21-16-14(23-15)6-3-8-19-16/h1-9H,10H2,(H,20,22). The van der Waals surface area contributed by atoms with E-state index in [1.165, 1.54) is 0 Å². The van der Waals surface area contributed by atoms with E-state index in [9.17, 15) is 4.79 Å². The molecule has 6 heteroatoms. The first-order chi connectivity index (χ1) is 11.3. The molecule has 4 aromatic rings. The molecule has 0 aliphatic rings. The highest BCUT2D eigenvalue weighted by Gasteiger charge is 2.12.